The van der Waals surface area contributed by atoms with Gasteiger partial charge in [0.2, 0.25) is 0 Å². The van der Waals surface area contributed by atoms with Crippen LogP contribution in [0.15, 0.2) is 24.7 Å². The van der Waals surface area contributed by atoms with E-state index in [9.17, 15) is 0 Å². The highest BCUT2D eigenvalue weighted by molar-refractivity contribution is 6.31. The van der Waals surface area contributed by atoms with Crippen molar-refractivity contribution in [3.8, 4) is 0 Å². The van der Waals surface area contributed by atoms with Crippen molar-refractivity contribution in [2.75, 3.05) is 18.0 Å². The lowest BCUT2D eigenvalue weighted by Crippen LogP contribution is -2.34. The fourth-order valence-corrected chi connectivity index (χ4v) is 2.58. The molecular formula is C14H18ClN5. The minimum absolute atomic E-state index is 0.716. The van der Waals surface area contributed by atoms with E-state index in [0.29, 0.717) is 5.02 Å². The first-order valence-corrected chi connectivity index (χ1v) is 7.26. The third-order valence-corrected chi connectivity index (χ3v) is 3.89. The van der Waals surface area contributed by atoms with E-state index < -0.39 is 0 Å². The predicted molar refractivity (Wildman–Crippen MR) is 79.9 cm³/mol. The molecule has 0 fully saturated rings. The van der Waals surface area contributed by atoms with E-state index in [-0.39, 0.29) is 0 Å². The van der Waals surface area contributed by atoms with Crippen molar-refractivity contribution in [3.63, 3.8) is 0 Å². The molecule has 0 saturated carbocycles. The van der Waals surface area contributed by atoms with Crippen molar-refractivity contribution in [2.45, 2.75) is 26.6 Å². The van der Waals surface area contributed by atoms with Crippen LogP contribution in [0.5, 0.6) is 0 Å². The lowest BCUT2D eigenvalue weighted by Gasteiger charge is -2.29. The summed E-state index contributed by atoms with van der Waals surface area (Å²) >= 11 is 6.20. The smallest absolute Gasteiger partial charge is 0.129 e. The van der Waals surface area contributed by atoms with Gasteiger partial charge in [0.05, 0.1) is 11.6 Å². The number of halogens is 1. The summed E-state index contributed by atoms with van der Waals surface area (Å²) in [6.07, 6.45) is 5.62. The van der Waals surface area contributed by atoms with Gasteiger partial charge in [-0.15, -0.1) is 0 Å². The Morgan fingerprint density at radius 2 is 2.25 bits per heavy atom. The van der Waals surface area contributed by atoms with E-state index >= 15 is 0 Å². The second-order valence-corrected chi connectivity index (χ2v) is 5.28. The van der Waals surface area contributed by atoms with Crippen molar-refractivity contribution >= 4 is 17.4 Å². The molecule has 6 heteroatoms. The van der Waals surface area contributed by atoms with Crippen LogP contribution in [0.2, 0.25) is 5.02 Å². The maximum absolute atomic E-state index is 6.20. The second-order valence-electron chi connectivity index (χ2n) is 4.87. The van der Waals surface area contributed by atoms with Crippen LogP contribution in [0.1, 0.15) is 18.3 Å². The molecule has 3 heterocycles. The average Bonchev–Trinajstić information content (AvgIpc) is 2.94. The predicted octanol–water partition coefficient (Wildman–Crippen LogP) is 2.06. The fourth-order valence-electron chi connectivity index (χ4n) is 2.40. The molecule has 1 N–H and O–H groups in total. The SMILES string of the molecule is CCNCc1cc(N2CCn3ccnc3C2)ncc1Cl. The molecule has 3 rings (SSSR count). The molecule has 0 atom stereocenters. The highest BCUT2D eigenvalue weighted by Crippen LogP contribution is 2.23. The van der Waals surface area contributed by atoms with Gasteiger partial charge in [0.1, 0.15) is 11.6 Å². The molecule has 106 valence electrons. The molecule has 0 spiro atoms. The monoisotopic (exact) mass is 291 g/mol. The first-order chi connectivity index (χ1) is 9.78. The van der Waals surface area contributed by atoms with Gasteiger partial charge < -0.3 is 14.8 Å². The molecule has 0 radical (unpaired) electrons. The van der Waals surface area contributed by atoms with Crippen LogP contribution in [0.4, 0.5) is 5.82 Å². The first-order valence-electron chi connectivity index (χ1n) is 6.88. The van der Waals surface area contributed by atoms with Gasteiger partial charge in [-0.1, -0.05) is 18.5 Å². The number of hydrogen-bond acceptors (Lipinski definition) is 4. The third-order valence-electron chi connectivity index (χ3n) is 3.55. The second kappa shape index (κ2) is 5.81. The number of aromatic nitrogens is 3. The number of rotatable bonds is 4. The minimum atomic E-state index is 0.716. The standard InChI is InChI=1S/C14H18ClN5/c1-2-16-8-11-7-13(18-9-12(11)15)20-6-5-19-4-3-17-14(19)10-20/h3-4,7,9,16H,2,5-6,8,10H2,1H3. The Morgan fingerprint density at radius 3 is 3.10 bits per heavy atom. The van der Waals surface area contributed by atoms with Gasteiger partial charge >= 0.3 is 0 Å². The normalized spacial score (nSPS) is 14.4. The lowest BCUT2D eigenvalue weighted by atomic mass is 10.2. The van der Waals surface area contributed by atoms with Crippen LogP contribution in [0.3, 0.4) is 0 Å². The number of nitrogens with zero attached hydrogens (tertiary/aromatic N) is 4. The highest BCUT2D eigenvalue weighted by Gasteiger charge is 2.18. The molecule has 2 aromatic heterocycles. The van der Waals surface area contributed by atoms with E-state index in [4.69, 9.17) is 11.6 Å². The zero-order valence-electron chi connectivity index (χ0n) is 11.5. The third kappa shape index (κ3) is 2.64. The largest absolute Gasteiger partial charge is 0.347 e. The molecule has 0 bridgehead atoms. The Bertz CT molecular complexity index is 595. The lowest BCUT2D eigenvalue weighted by molar-refractivity contribution is 0.556. The molecule has 1 aliphatic heterocycles. The van der Waals surface area contributed by atoms with Gasteiger partial charge in [-0.3, -0.25) is 0 Å². The molecule has 0 amide bonds. The van der Waals surface area contributed by atoms with Gasteiger partial charge in [0.15, 0.2) is 0 Å². The summed E-state index contributed by atoms with van der Waals surface area (Å²) in [5.74, 6) is 2.05. The van der Waals surface area contributed by atoms with Crippen LogP contribution >= 0.6 is 11.6 Å². The van der Waals surface area contributed by atoms with Crippen molar-refractivity contribution in [1.82, 2.24) is 19.9 Å². The molecule has 5 nitrogen and oxygen atoms in total. The summed E-state index contributed by atoms with van der Waals surface area (Å²) in [5, 5.41) is 4.02. The number of anilines is 1. The molecule has 1 aliphatic rings. The maximum Gasteiger partial charge on any atom is 0.129 e. The maximum atomic E-state index is 6.20. The number of hydrogen-bond donors (Lipinski definition) is 1. The highest BCUT2D eigenvalue weighted by atomic mass is 35.5. The minimum Gasteiger partial charge on any atom is -0.347 e. The first kappa shape index (κ1) is 13.4. The Morgan fingerprint density at radius 1 is 1.35 bits per heavy atom. The van der Waals surface area contributed by atoms with E-state index in [2.05, 4.69) is 37.7 Å². The Kier molecular flexibility index (Phi) is 3.89. The van der Waals surface area contributed by atoms with Gasteiger partial charge in [-0.2, -0.15) is 0 Å². The number of fused-ring (bicyclic) bond motifs is 1. The van der Waals surface area contributed by atoms with Crippen molar-refractivity contribution in [2.24, 2.45) is 0 Å². The van der Waals surface area contributed by atoms with Gasteiger partial charge in [-0.25, -0.2) is 9.97 Å². The van der Waals surface area contributed by atoms with Crippen LogP contribution in [0, 0.1) is 0 Å². The molecule has 0 unspecified atom stereocenters. The summed E-state index contributed by atoms with van der Waals surface area (Å²) in [6.45, 7) is 6.46. The molecule has 0 aromatic carbocycles. The summed E-state index contributed by atoms with van der Waals surface area (Å²) in [6, 6.07) is 2.07. The van der Waals surface area contributed by atoms with Crippen LogP contribution in [-0.4, -0.2) is 27.6 Å². The van der Waals surface area contributed by atoms with Crippen molar-refractivity contribution in [1.29, 1.82) is 0 Å². The summed E-state index contributed by atoms with van der Waals surface area (Å²) in [4.78, 5) is 11.1. The molecule has 2 aromatic rings. The van der Waals surface area contributed by atoms with Crippen LogP contribution in [0.25, 0.3) is 0 Å². The zero-order valence-corrected chi connectivity index (χ0v) is 12.3. The molecule has 20 heavy (non-hydrogen) atoms. The topological polar surface area (TPSA) is 46.0 Å². The van der Waals surface area contributed by atoms with Gasteiger partial charge in [0.25, 0.3) is 0 Å². The van der Waals surface area contributed by atoms with Gasteiger partial charge in [0, 0.05) is 38.2 Å². The Hall–Kier alpha value is -1.59. The van der Waals surface area contributed by atoms with E-state index in [0.717, 1.165) is 49.9 Å². The summed E-state index contributed by atoms with van der Waals surface area (Å²) in [5.41, 5.74) is 1.09. The van der Waals surface area contributed by atoms with Crippen LogP contribution in [-0.2, 0) is 19.6 Å². The Balaban J connectivity index is 1.80. The number of imidazole rings is 1. The van der Waals surface area contributed by atoms with E-state index in [1.54, 1.807) is 6.20 Å². The number of nitrogens with one attached hydrogen (secondary N) is 1. The van der Waals surface area contributed by atoms with Crippen molar-refractivity contribution in [3.05, 3.63) is 41.1 Å². The molecule has 0 aliphatic carbocycles. The van der Waals surface area contributed by atoms with Gasteiger partial charge in [-0.05, 0) is 18.2 Å². The average molecular weight is 292 g/mol. The molecule has 0 saturated heterocycles. The molecular weight excluding hydrogens is 274 g/mol. The van der Waals surface area contributed by atoms with Crippen LogP contribution < -0.4 is 10.2 Å². The van der Waals surface area contributed by atoms with E-state index in [1.165, 1.54) is 0 Å². The summed E-state index contributed by atoms with van der Waals surface area (Å²) < 4.78 is 2.19. The van der Waals surface area contributed by atoms with E-state index in [1.807, 2.05) is 12.4 Å². The van der Waals surface area contributed by atoms with Crippen molar-refractivity contribution < 1.29 is 0 Å². The zero-order chi connectivity index (χ0) is 13.9. The quantitative estimate of drug-likeness (QED) is 0.937. The summed E-state index contributed by atoms with van der Waals surface area (Å²) in [7, 11) is 0. The fraction of sp³-hybridized carbons (Fsp3) is 0.429. The number of pyridine rings is 1. The Labute approximate surface area is 123 Å².